The molecule has 0 aliphatic heterocycles. The van der Waals surface area contributed by atoms with E-state index in [1.165, 1.54) is 5.57 Å². The van der Waals surface area contributed by atoms with Crippen molar-refractivity contribution in [3.05, 3.63) is 12.2 Å². The van der Waals surface area contributed by atoms with Crippen molar-refractivity contribution in [2.24, 2.45) is 5.92 Å². The van der Waals surface area contributed by atoms with Crippen LogP contribution in [0.4, 0.5) is 0 Å². The lowest BCUT2D eigenvalue weighted by Crippen LogP contribution is -2.19. The zero-order valence-electron chi connectivity index (χ0n) is 8.85. The highest BCUT2D eigenvalue weighted by Crippen LogP contribution is 2.22. The van der Waals surface area contributed by atoms with Gasteiger partial charge in [0.05, 0.1) is 5.60 Å². The molecule has 0 rings (SSSR count). The third-order valence-corrected chi connectivity index (χ3v) is 2.29. The molecule has 12 heavy (non-hydrogen) atoms. The van der Waals surface area contributed by atoms with Gasteiger partial charge in [0, 0.05) is 0 Å². The van der Waals surface area contributed by atoms with Gasteiger partial charge in [-0.25, -0.2) is 0 Å². The average Bonchev–Trinajstić information content (AvgIpc) is 1.85. The molecule has 72 valence electrons. The Morgan fingerprint density at radius 1 is 1.50 bits per heavy atom. The first kappa shape index (κ1) is 11.7. The Morgan fingerprint density at radius 2 is 2.00 bits per heavy atom. The maximum Gasteiger partial charge on any atom is 0.0592 e. The second-order valence-electron chi connectivity index (χ2n) is 4.30. The highest BCUT2D eigenvalue weighted by atomic mass is 16.3. The summed E-state index contributed by atoms with van der Waals surface area (Å²) >= 11 is 0. The van der Waals surface area contributed by atoms with Crippen molar-refractivity contribution >= 4 is 0 Å². The fourth-order valence-corrected chi connectivity index (χ4v) is 1.33. The largest absolute Gasteiger partial charge is 0.390 e. The lowest BCUT2D eigenvalue weighted by atomic mass is 9.89. The minimum atomic E-state index is -0.525. The predicted molar refractivity (Wildman–Crippen MR) is 54.1 cm³/mol. The summed E-state index contributed by atoms with van der Waals surface area (Å²) in [6, 6.07) is 0. The second-order valence-corrected chi connectivity index (χ2v) is 4.30. The third kappa shape index (κ3) is 5.36. The molecule has 0 fully saturated rings. The SMILES string of the molecule is C=C(C)C(CC)CCC(C)(C)O. The summed E-state index contributed by atoms with van der Waals surface area (Å²) in [5.41, 5.74) is 0.713. The summed E-state index contributed by atoms with van der Waals surface area (Å²) in [6.07, 6.45) is 3.04. The number of allylic oxidation sites excluding steroid dienone is 1. The van der Waals surface area contributed by atoms with Crippen LogP contribution in [-0.2, 0) is 0 Å². The molecule has 1 heteroatoms. The molecule has 0 spiro atoms. The van der Waals surface area contributed by atoms with Gasteiger partial charge in [-0.1, -0.05) is 19.1 Å². The zero-order valence-corrected chi connectivity index (χ0v) is 8.85. The van der Waals surface area contributed by atoms with Crippen LogP contribution < -0.4 is 0 Å². The number of hydrogen-bond acceptors (Lipinski definition) is 1. The van der Waals surface area contributed by atoms with E-state index < -0.39 is 5.60 Å². The van der Waals surface area contributed by atoms with Crippen LogP contribution in [0.3, 0.4) is 0 Å². The Morgan fingerprint density at radius 3 is 2.25 bits per heavy atom. The van der Waals surface area contributed by atoms with Crippen molar-refractivity contribution in [3.8, 4) is 0 Å². The van der Waals surface area contributed by atoms with Crippen LogP contribution in [0, 0.1) is 5.92 Å². The molecule has 0 saturated carbocycles. The first-order valence-corrected chi connectivity index (χ1v) is 4.74. The van der Waals surface area contributed by atoms with E-state index >= 15 is 0 Å². The Balaban J connectivity index is 3.81. The van der Waals surface area contributed by atoms with Gasteiger partial charge in [0.15, 0.2) is 0 Å². The van der Waals surface area contributed by atoms with Gasteiger partial charge in [-0.15, -0.1) is 0 Å². The summed E-state index contributed by atoms with van der Waals surface area (Å²) in [7, 11) is 0. The molecule has 1 N–H and O–H groups in total. The zero-order chi connectivity index (χ0) is 9.78. The van der Waals surface area contributed by atoms with Crippen LogP contribution >= 0.6 is 0 Å². The van der Waals surface area contributed by atoms with Crippen molar-refractivity contribution < 1.29 is 5.11 Å². The van der Waals surface area contributed by atoms with Crippen molar-refractivity contribution in [2.75, 3.05) is 0 Å². The molecular formula is C11H22O. The number of aliphatic hydroxyl groups is 1. The molecule has 1 atom stereocenters. The molecule has 0 aliphatic carbocycles. The van der Waals surface area contributed by atoms with Crippen molar-refractivity contribution in [3.63, 3.8) is 0 Å². The van der Waals surface area contributed by atoms with Gasteiger partial charge in [-0.05, 0) is 46.0 Å². The van der Waals surface area contributed by atoms with Crippen LogP contribution in [0.2, 0.25) is 0 Å². The second kappa shape index (κ2) is 4.66. The average molecular weight is 170 g/mol. The lowest BCUT2D eigenvalue weighted by molar-refractivity contribution is 0.0649. The third-order valence-electron chi connectivity index (χ3n) is 2.29. The van der Waals surface area contributed by atoms with Gasteiger partial charge in [-0.2, -0.15) is 0 Å². The first-order chi connectivity index (χ1) is 5.37. The van der Waals surface area contributed by atoms with Crippen LogP contribution in [0.15, 0.2) is 12.2 Å². The number of hydrogen-bond donors (Lipinski definition) is 1. The van der Waals surface area contributed by atoms with Crippen molar-refractivity contribution in [2.45, 2.75) is 52.6 Å². The standard InChI is InChI=1S/C11H22O/c1-6-10(9(2)3)7-8-11(4,5)12/h10,12H,2,6-8H2,1,3-5H3. The molecule has 0 aromatic heterocycles. The van der Waals surface area contributed by atoms with Gasteiger partial charge in [0.25, 0.3) is 0 Å². The Hall–Kier alpha value is -0.300. The molecule has 0 radical (unpaired) electrons. The molecule has 1 unspecified atom stereocenters. The van der Waals surface area contributed by atoms with Gasteiger partial charge in [0.2, 0.25) is 0 Å². The van der Waals surface area contributed by atoms with E-state index in [1.807, 2.05) is 13.8 Å². The van der Waals surface area contributed by atoms with E-state index in [4.69, 9.17) is 0 Å². The van der Waals surface area contributed by atoms with E-state index in [9.17, 15) is 5.11 Å². The van der Waals surface area contributed by atoms with Crippen LogP contribution in [-0.4, -0.2) is 10.7 Å². The molecule has 0 heterocycles. The Kier molecular flexibility index (Phi) is 4.54. The summed E-state index contributed by atoms with van der Waals surface area (Å²) in [5.74, 6) is 0.580. The summed E-state index contributed by atoms with van der Waals surface area (Å²) in [4.78, 5) is 0. The molecule has 0 aromatic carbocycles. The highest BCUT2D eigenvalue weighted by molar-refractivity contribution is 4.95. The molecule has 0 bridgehead atoms. The normalized spacial score (nSPS) is 14.4. The molecule has 0 saturated heterocycles. The maximum atomic E-state index is 9.51. The van der Waals surface area contributed by atoms with E-state index in [-0.39, 0.29) is 0 Å². The quantitative estimate of drug-likeness (QED) is 0.628. The minimum absolute atomic E-state index is 0.525. The number of rotatable bonds is 5. The van der Waals surface area contributed by atoms with Gasteiger partial charge >= 0.3 is 0 Å². The minimum Gasteiger partial charge on any atom is -0.390 e. The van der Waals surface area contributed by atoms with Crippen molar-refractivity contribution in [1.82, 2.24) is 0 Å². The van der Waals surface area contributed by atoms with E-state index in [1.54, 1.807) is 0 Å². The van der Waals surface area contributed by atoms with Crippen molar-refractivity contribution in [1.29, 1.82) is 0 Å². The van der Waals surface area contributed by atoms with Gasteiger partial charge in [-0.3, -0.25) is 0 Å². The fourth-order valence-electron chi connectivity index (χ4n) is 1.33. The van der Waals surface area contributed by atoms with Crippen LogP contribution in [0.25, 0.3) is 0 Å². The highest BCUT2D eigenvalue weighted by Gasteiger charge is 2.15. The van der Waals surface area contributed by atoms with Crippen LogP contribution in [0.1, 0.15) is 47.0 Å². The van der Waals surface area contributed by atoms with E-state index in [0.29, 0.717) is 5.92 Å². The van der Waals surface area contributed by atoms with E-state index in [0.717, 1.165) is 19.3 Å². The molecule has 1 nitrogen and oxygen atoms in total. The topological polar surface area (TPSA) is 20.2 Å². The Labute approximate surface area is 76.5 Å². The summed E-state index contributed by atoms with van der Waals surface area (Å²) < 4.78 is 0. The maximum absolute atomic E-state index is 9.51. The molecule has 0 aromatic rings. The van der Waals surface area contributed by atoms with Crippen LogP contribution in [0.5, 0.6) is 0 Å². The van der Waals surface area contributed by atoms with E-state index in [2.05, 4.69) is 20.4 Å². The van der Waals surface area contributed by atoms with Gasteiger partial charge < -0.3 is 5.11 Å². The summed E-state index contributed by atoms with van der Waals surface area (Å²) in [6.45, 7) is 11.9. The molecule has 0 amide bonds. The molecular weight excluding hydrogens is 148 g/mol. The first-order valence-electron chi connectivity index (χ1n) is 4.74. The fraction of sp³-hybridized carbons (Fsp3) is 0.818. The van der Waals surface area contributed by atoms with Gasteiger partial charge in [0.1, 0.15) is 0 Å². The summed E-state index contributed by atoms with van der Waals surface area (Å²) in [5, 5.41) is 9.51. The Bertz CT molecular complexity index is 142. The lowest BCUT2D eigenvalue weighted by Gasteiger charge is -2.21. The monoisotopic (exact) mass is 170 g/mol. The smallest absolute Gasteiger partial charge is 0.0592 e. The predicted octanol–water partition coefficient (Wildman–Crippen LogP) is 3.14. The molecule has 0 aliphatic rings.